The van der Waals surface area contributed by atoms with Gasteiger partial charge in [0.25, 0.3) is 5.91 Å². The number of aromatic nitrogens is 2. The van der Waals surface area contributed by atoms with Crippen LogP contribution in [-0.4, -0.2) is 44.9 Å². The molecule has 5 unspecified atom stereocenters. The summed E-state index contributed by atoms with van der Waals surface area (Å²) < 4.78 is 17.9. The van der Waals surface area contributed by atoms with Gasteiger partial charge in [0.1, 0.15) is 0 Å². The van der Waals surface area contributed by atoms with Crippen molar-refractivity contribution in [2.45, 2.75) is 57.1 Å². The minimum atomic E-state index is -0.924. The van der Waals surface area contributed by atoms with Gasteiger partial charge < -0.3 is 24.6 Å². The number of aliphatic hydroxyl groups excluding tert-OH is 1. The zero-order valence-corrected chi connectivity index (χ0v) is 22.3. The summed E-state index contributed by atoms with van der Waals surface area (Å²) in [4.78, 5) is 32.3. The lowest BCUT2D eigenvalue weighted by Crippen LogP contribution is -2.38. The van der Waals surface area contributed by atoms with Crippen LogP contribution in [0.4, 0.5) is 5.69 Å². The number of thioether (sulfide) groups is 1. The lowest BCUT2D eigenvalue weighted by molar-refractivity contribution is -0.268. The van der Waals surface area contributed by atoms with Gasteiger partial charge in [-0.15, -0.1) is 0 Å². The van der Waals surface area contributed by atoms with Crippen molar-refractivity contribution in [1.29, 1.82) is 0 Å². The third-order valence-corrected chi connectivity index (χ3v) is 7.14. The van der Waals surface area contributed by atoms with Gasteiger partial charge >= 0.3 is 5.97 Å². The van der Waals surface area contributed by atoms with E-state index in [1.54, 1.807) is 36.7 Å². The van der Waals surface area contributed by atoms with Crippen LogP contribution in [-0.2, 0) is 30.4 Å². The zero-order valence-electron chi connectivity index (χ0n) is 21.4. The highest BCUT2D eigenvalue weighted by molar-refractivity contribution is 7.99. The van der Waals surface area contributed by atoms with E-state index >= 15 is 0 Å². The number of anilines is 1. The molecule has 1 amide bonds. The lowest BCUT2D eigenvalue weighted by atomic mass is 9.91. The number of amides is 1. The first-order chi connectivity index (χ1) is 18.3. The second-order valence-electron chi connectivity index (χ2n) is 9.03. The first kappa shape index (κ1) is 27.7. The Morgan fingerprint density at radius 2 is 1.82 bits per heavy atom. The lowest BCUT2D eigenvalue weighted by Gasteiger charge is -2.41. The third kappa shape index (κ3) is 7.16. The van der Waals surface area contributed by atoms with Crippen molar-refractivity contribution in [2.24, 2.45) is 5.92 Å². The van der Waals surface area contributed by atoms with Gasteiger partial charge in [0.05, 0.1) is 18.8 Å². The molecule has 1 aromatic heterocycles. The average molecular weight is 538 g/mol. The maximum Gasteiger partial charge on any atom is 0.303 e. The van der Waals surface area contributed by atoms with Crippen molar-refractivity contribution in [3.63, 3.8) is 0 Å². The maximum absolute atomic E-state index is 12.5. The number of aliphatic hydroxyl groups is 1. The Kier molecular flexibility index (Phi) is 9.46. The first-order valence-electron chi connectivity index (χ1n) is 12.3. The van der Waals surface area contributed by atoms with E-state index in [0.717, 1.165) is 16.7 Å². The molecule has 1 aliphatic rings. The van der Waals surface area contributed by atoms with E-state index in [9.17, 15) is 14.7 Å². The monoisotopic (exact) mass is 537 g/mol. The Bertz CT molecular complexity index is 1230. The van der Waals surface area contributed by atoms with Gasteiger partial charge in [0, 0.05) is 42.2 Å². The summed E-state index contributed by atoms with van der Waals surface area (Å²) in [6.07, 6.45) is 1.34. The van der Waals surface area contributed by atoms with E-state index in [1.165, 1.54) is 25.6 Å². The first-order valence-corrected chi connectivity index (χ1v) is 13.3. The standard InChI is InChI=1S/C28H31N3O6S/c1-17-24(16-38-28-29-12-5-13-30-28)36-27(37-25(17)21-10-8-20(15-32)9-11-21)22-6-4-7-23(14-22)31-26(34)18(2)35-19(3)33/h4-14,17-18,24-25,27,32H,15-16H2,1-3H3,(H,31,34). The second kappa shape index (κ2) is 13.0. The number of benzene rings is 2. The number of hydrogen-bond acceptors (Lipinski definition) is 9. The van der Waals surface area contributed by atoms with Gasteiger partial charge in [0.15, 0.2) is 17.6 Å². The van der Waals surface area contributed by atoms with E-state index in [0.29, 0.717) is 16.6 Å². The predicted octanol–water partition coefficient (Wildman–Crippen LogP) is 4.44. The van der Waals surface area contributed by atoms with Crippen LogP contribution in [0.1, 0.15) is 49.9 Å². The van der Waals surface area contributed by atoms with Crippen molar-refractivity contribution >= 4 is 29.3 Å². The summed E-state index contributed by atoms with van der Waals surface area (Å²) in [6, 6.07) is 16.7. The molecule has 0 saturated carbocycles. The molecule has 9 nitrogen and oxygen atoms in total. The fourth-order valence-corrected chi connectivity index (χ4v) is 5.10. The van der Waals surface area contributed by atoms with E-state index in [2.05, 4.69) is 22.2 Å². The molecular weight excluding hydrogens is 506 g/mol. The Morgan fingerprint density at radius 1 is 1.08 bits per heavy atom. The number of carbonyl (C=O) groups excluding carboxylic acids is 2. The minimum absolute atomic E-state index is 0.00917. The van der Waals surface area contributed by atoms with Crippen LogP contribution >= 0.6 is 11.8 Å². The average Bonchev–Trinajstić information content (AvgIpc) is 2.93. The van der Waals surface area contributed by atoms with Gasteiger partial charge in [-0.05, 0) is 36.2 Å². The fourth-order valence-electron chi connectivity index (χ4n) is 4.14. The number of nitrogens with one attached hydrogen (secondary N) is 1. The molecule has 0 spiro atoms. The molecule has 0 bridgehead atoms. The van der Waals surface area contributed by atoms with Crippen molar-refractivity contribution in [3.05, 3.63) is 83.7 Å². The van der Waals surface area contributed by atoms with Gasteiger partial charge in [-0.3, -0.25) is 9.59 Å². The molecule has 3 aromatic rings. The molecule has 10 heteroatoms. The highest BCUT2D eigenvalue weighted by Crippen LogP contribution is 2.43. The van der Waals surface area contributed by atoms with E-state index < -0.39 is 24.3 Å². The number of carbonyl (C=O) groups is 2. The second-order valence-corrected chi connectivity index (χ2v) is 10.0. The van der Waals surface area contributed by atoms with Crippen molar-refractivity contribution in [2.75, 3.05) is 11.1 Å². The Balaban J connectivity index is 1.56. The maximum atomic E-state index is 12.5. The molecule has 2 aromatic carbocycles. The number of esters is 1. The quantitative estimate of drug-likeness (QED) is 0.232. The van der Waals surface area contributed by atoms with Crippen LogP contribution in [0.2, 0.25) is 0 Å². The van der Waals surface area contributed by atoms with E-state index in [4.69, 9.17) is 14.2 Å². The summed E-state index contributed by atoms with van der Waals surface area (Å²) in [5.41, 5.74) is 3.07. The van der Waals surface area contributed by atoms with E-state index in [1.807, 2.05) is 30.3 Å². The van der Waals surface area contributed by atoms with Gasteiger partial charge in [-0.25, -0.2) is 9.97 Å². The Morgan fingerprint density at radius 3 is 2.50 bits per heavy atom. The summed E-state index contributed by atoms with van der Waals surface area (Å²) in [5, 5.41) is 12.9. The van der Waals surface area contributed by atoms with Crippen LogP contribution < -0.4 is 5.32 Å². The summed E-state index contributed by atoms with van der Waals surface area (Å²) in [6.45, 7) is 4.83. The molecule has 2 N–H and O–H groups in total. The third-order valence-electron chi connectivity index (χ3n) is 6.18. The molecule has 1 aliphatic heterocycles. The van der Waals surface area contributed by atoms with E-state index in [-0.39, 0.29) is 24.7 Å². The SMILES string of the molecule is CC(=O)OC(C)C(=O)Nc1cccc(C2OC(CSc3ncccn3)C(C)C(c3ccc(CO)cc3)O2)c1. The molecule has 1 saturated heterocycles. The van der Waals surface area contributed by atoms with Crippen LogP contribution in [0.5, 0.6) is 0 Å². The van der Waals surface area contributed by atoms with Gasteiger partial charge in [0.2, 0.25) is 0 Å². The smallest absolute Gasteiger partial charge is 0.303 e. The number of hydrogen-bond donors (Lipinski definition) is 2. The molecule has 2 heterocycles. The van der Waals surface area contributed by atoms with Crippen molar-refractivity contribution in [3.8, 4) is 0 Å². The number of ether oxygens (including phenoxy) is 3. The number of nitrogens with zero attached hydrogens (tertiary/aromatic N) is 2. The summed E-state index contributed by atoms with van der Waals surface area (Å²) >= 11 is 1.52. The normalized spacial score (nSPS) is 21.9. The summed E-state index contributed by atoms with van der Waals surface area (Å²) in [5.74, 6) is -0.334. The van der Waals surface area contributed by atoms with Gasteiger partial charge in [-0.2, -0.15) is 0 Å². The molecule has 5 atom stereocenters. The van der Waals surface area contributed by atoms with Crippen LogP contribution in [0.15, 0.2) is 72.1 Å². The highest BCUT2D eigenvalue weighted by atomic mass is 32.2. The Labute approximate surface area is 225 Å². The largest absolute Gasteiger partial charge is 0.453 e. The Hall–Kier alpha value is -3.31. The van der Waals surface area contributed by atoms with Crippen LogP contribution in [0.25, 0.3) is 0 Å². The fraction of sp³-hybridized carbons (Fsp3) is 0.357. The molecule has 0 aliphatic carbocycles. The highest BCUT2D eigenvalue weighted by Gasteiger charge is 2.38. The molecule has 0 radical (unpaired) electrons. The molecule has 38 heavy (non-hydrogen) atoms. The van der Waals surface area contributed by atoms with Crippen molar-refractivity contribution < 1.29 is 28.9 Å². The number of rotatable bonds is 9. The van der Waals surface area contributed by atoms with Gasteiger partial charge in [-0.1, -0.05) is 55.1 Å². The van der Waals surface area contributed by atoms with Crippen LogP contribution in [0, 0.1) is 5.92 Å². The topological polar surface area (TPSA) is 120 Å². The zero-order chi connectivity index (χ0) is 27.1. The predicted molar refractivity (Wildman–Crippen MR) is 142 cm³/mol. The molecule has 200 valence electrons. The summed E-state index contributed by atoms with van der Waals surface area (Å²) in [7, 11) is 0. The molecular formula is C28H31N3O6S. The molecule has 4 rings (SSSR count). The molecule has 1 fully saturated rings. The minimum Gasteiger partial charge on any atom is -0.453 e. The van der Waals surface area contributed by atoms with Crippen molar-refractivity contribution in [1.82, 2.24) is 9.97 Å². The van der Waals surface area contributed by atoms with Crippen LogP contribution in [0.3, 0.4) is 0 Å².